The van der Waals surface area contributed by atoms with E-state index >= 15 is 0 Å². The molecule has 6 nitrogen and oxygen atoms in total. The number of carbonyl (C=O) groups excluding carboxylic acids is 3. The fourth-order valence-corrected chi connectivity index (χ4v) is 2.82. The third-order valence-corrected chi connectivity index (χ3v) is 3.80. The minimum absolute atomic E-state index is 0.0787. The summed E-state index contributed by atoms with van der Waals surface area (Å²) in [5, 5.41) is 0. The van der Waals surface area contributed by atoms with E-state index in [2.05, 4.69) is 0 Å². The lowest BCUT2D eigenvalue weighted by Crippen LogP contribution is -2.58. The average Bonchev–Trinajstić information content (AvgIpc) is 2.70. The molecule has 2 rings (SSSR count). The molecule has 0 saturated carbocycles. The van der Waals surface area contributed by atoms with Crippen molar-refractivity contribution in [3.05, 3.63) is 0 Å². The Labute approximate surface area is 112 Å². The Bertz CT molecular complexity index is 452. The molecule has 19 heavy (non-hydrogen) atoms. The monoisotopic (exact) mass is 269 g/mol. The summed E-state index contributed by atoms with van der Waals surface area (Å²) in [7, 11) is 1.45. The summed E-state index contributed by atoms with van der Waals surface area (Å²) in [6.07, 6.45) is 0. The van der Waals surface area contributed by atoms with E-state index in [1.165, 1.54) is 11.9 Å². The molecule has 2 saturated heterocycles. The first-order valence-electron chi connectivity index (χ1n) is 6.30. The molecule has 3 atom stereocenters. The molecule has 1 amide bonds. The number of hydrogen-bond acceptors (Lipinski definition) is 5. The van der Waals surface area contributed by atoms with E-state index in [0.29, 0.717) is 0 Å². The highest BCUT2D eigenvalue weighted by Gasteiger charge is 2.70. The molecule has 2 fully saturated rings. The molecule has 0 aromatic heterocycles. The topological polar surface area (TPSA) is 72.9 Å². The van der Waals surface area contributed by atoms with Gasteiger partial charge in [-0.15, -0.1) is 0 Å². The predicted octanol–water partition coefficient (Wildman–Crippen LogP) is 0.348. The van der Waals surface area contributed by atoms with Crippen molar-refractivity contribution in [3.8, 4) is 0 Å². The molecule has 0 aromatic rings. The van der Waals surface area contributed by atoms with Crippen LogP contribution in [0.25, 0.3) is 0 Å². The summed E-state index contributed by atoms with van der Waals surface area (Å²) in [5.74, 6) is -2.52. The second-order valence-electron chi connectivity index (χ2n) is 6.16. The SMILES string of the molecule is C[C@H]1C(=O)N(C)[C@@]2(C(=O)OC(C)(C)C)C(=O)OC[C@@H]12. The van der Waals surface area contributed by atoms with Crippen molar-refractivity contribution in [3.63, 3.8) is 0 Å². The van der Waals surface area contributed by atoms with Gasteiger partial charge in [-0.05, 0) is 20.8 Å². The first-order chi connectivity index (χ1) is 8.62. The van der Waals surface area contributed by atoms with Crippen molar-refractivity contribution in [2.75, 3.05) is 13.7 Å². The fraction of sp³-hybridized carbons (Fsp3) is 0.769. The van der Waals surface area contributed by atoms with Crippen LogP contribution in [0.15, 0.2) is 0 Å². The van der Waals surface area contributed by atoms with Crippen LogP contribution in [0.1, 0.15) is 27.7 Å². The van der Waals surface area contributed by atoms with Gasteiger partial charge in [-0.25, -0.2) is 9.59 Å². The maximum Gasteiger partial charge on any atom is 0.344 e. The molecule has 0 bridgehead atoms. The zero-order valence-corrected chi connectivity index (χ0v) is 11.9. The van der Waals surface area contributed by atoms with Crippen LogP contribution in [-0.2, 0) is 23.9 Å². The Hall–Kier alpha value is -1.59. The number of fused-ring (bicyclic) bond motifs is 1. The van der Waals surface area contributed by atoms with Crippen molar-refractivity contribution in [2.24, 2.45) is 11.8 Å². The Balaban J connectivity index is 2.45. The van der Waals surface area contributed by atoms with Gasteiger partial charge in [0.25, 0.3) is 0 Å². The summed E-state index contributed by atoms with van der Waals surface area (Å²) in [6, 6.07) is 0. The largest absolute Gasteiger partial charge is 0.463 e. The number of likely N-dealkylation sites (tertiary alicyclic amines) is 1. The molecule has 0 radical (unpaired) electrons. The van der Waals surface area contributed by atoms with E-state index in [9.17, 15) is 14.4 Å². The van der Waals surface area contributed by atoms with Crippen molar-refractivity contribution in [1.82, 2.24) is 4.90 Å². The molecule has 0 aromatic carbocycles. The normalized spacial score (nSPS) is 34.3. The Kier molecular flexibility index (Phi) is 2.88. The standard InChI is InChI=1S/C13H19NO5/c1-7-8-6-18-10(16)13(8,14(5)9(7)15)11(17)19-12(2,3)4/h7-8H,6H2,1-5H3/t7-,8+,13-/m1/s1. The lowest BCUT2D eigenvalue weighted by molar-refractivity contribution is -0.176. The van der Waals surface area contributed by atoms with Crippen LogP contribution in [0, 0.1) is 11.8 Å². The summed E-state index contributed by atoms with van der Waals surface area (Å²) < 4.78 is 10.3. The van der Waals surface area contributed by atoms with Gasteiger partial charge in [-0.2, -0.15) is 0 Å². The molecule has 0 aliphatic carbocycles. The number of carbonyl (C=O) groups is 3. The van der Waals surface area contributed by atoms with E-state index in [1.54, 1.807) is 27.7 Å². The predicted molar refractivity (Wildman–Crippen MR) is 65.0 cm³/mol. The van der Waals surface area contributed by atoms with Crippen molar-refractivity contribution < 1.29 is 23.9 Å². The Morgan fingerprint density at radius 2 is 2.00 bits per heavy atom. The molecule has 106 valence electrons. The fourth-order valence-electron chi connectivity index (χ4n) is 2.82. The van der Waals surface area contributed by atoms with Crippen LogP contribution in [0.5, 0.6) is 0 Å². The molecule has 0 spiro atoms. The van der Waals surface area contributed by atoms with Crippen LogP contribution in [0.3, 0.4) is 0 Å². The number of amides is 1. The number of esters is 2. The smallest absolute Gasteiger partial charge is 0.344 e. The minimum atomic E-state index is -1.61. The van der Waals surface area contributed by atoms with Gasteiger partial charge in [-0.1, -0.05) is 6.92 Å². The zero-order valence-electron chi connectivity index (χ0n) is 11.9. The van der Waals surface area contributed by atoms with Crippen molar-refractivity contribution in [2.45, 2.75) is 38.8 Å². The number of hydrogen-bond donors (Lipinski definition) is 0. The van der Waals surface area contributed by atoms with Crippen LogP contribution in [0.4, 0.5) is 0 Å². The van der Waals surface area contributed by atoms with Gasteiger partial charge in [0.05, 0.1) is 6.61 Å². The van der Waals surface area contributed by atoms with Crippen molar-refractivity contribution >= 4 is 17.8 Å². The molecule has 2 aliphatic heterocycles. The van der Waals surface area contributed by atoms with Crippen LogP contribution < -0.4 is 0 Å². The summed E-state index contributed by atoms with van der Waals surface area (Å²) in [5.41, 5.74) is -2.33. The van der Waals surface area contributed by atoms with E-state index in [4.69, 9.17) is 9.47 Å². The van der Waals surface area contributed by atoms with Gasteiger partial charge in [0.15, 0.2) is 0 Å². The minimum Gasteiger partial charge on any atom is -0.463 e. The molecule has 2 heterocycles. The zero-order chi connectivity index (χ0) is 14.6. The highest BCUT2D eigenvalue weighted by Crippen LogP contribution is 2.45. The number of rotatable bonds is 1. The Morgan fingerprint density at radius 1 is 1.42 bits per heavy atom. The molecule has 6 heteroatoms. The molecule has 0 unspecified atom stereocenters. The van der Waals surface area contributed by atoms with E-state index in [0.717, 1.165) is 0 Å². The number of likely N-dealkylation sites (N-methyl/N-ethyl adjacent to an activating group) is 1. The summed E-state index contributed by atoms with van der Waals surface area (Å²) >= 11 is 0. The van der Waals surface area contributed by atoms with E-state index in [1.807, 2.05) is 0 Å². The Morgan fingerprint density at radius 3 is 2.53 bits per heavy atom. The first-order valence-corrected chi connectivity index (χ1v) is 6.30. The van der Waals surface area contributed by atoms with Crippen molar-refractivity contribution in [1.29, 1.82) is 0 Å². The first kappa shape index (κ1) is 13.8. The molecular weight excluding hydrogens is 250 g/mol. The highest BCUT2D eigenvalue weighted by atomic mass is 16.6. The number of nitrogens with zero attached hydrogens (tertiary/aromatic N) is 1. The molecule has 2 aliphatic rings. The van der Waals surface area contributed by atoms with Gasteiger partial charge in [0.1, 0.15) is 5.60 Å². The van der Waals surface area contributed by atoms with Crippen LogP contribution in [-0.4, -0.2) is 47.5 Å². The van der Waals surface area contributed by atoms with E-state index in [-0.39, 0.29) is 12.5 Å². The number of ether oxygens (including phenoxy) is 2. The van der Waals surface area contributed by atoms with Gasteiger partial charge in [0, 0.05) is 18.9 Å². The third-order valence-electron chi connectivity index (χ3n) is 3.80. The quantitative estimate of drug-likeness (QED) is 0.507. The van der Waals surface area contributed by atoms with Gasteiger partial charge in [0.2, 0.25) is 11.4 Å². The van der Waals surface area contributed by atoms with Gasteiger partial charge in [-0.3, -0.25) is 4.79 Å². The van der Waals surface area contributed by atoms with Gasteiger partial charge < -0.3 is 14.4 Å². The second-order valence-corrected chi connectivity index (χ2v) is 6.16. The van der Waals surface area contributed by atoms with Crippen LogP contribution >= 0.6 is 0 Å². The third kappa shape index (κ3) is 1.73. The lowest BCUT2D eigenvalue weighted by atomic mass is 9.82. The summed E-state index contributed by atoms with van der Waals surface area (Å²) in [6.45, 7) is 6.94. The maximum atomic E-state index is 12.5. The average molecular weight is 269 g/mol. The van der Waals surface area contributed by atoms with Gasteiger partial charge >= 0.3 is 11.9 Å². The molecule has 0 N–H and O–H groups in total. The maximum absolute atomic E-state index is 12.5. The highest BCUT2D eigenvalue weighted by molar-refractivity contribution is 6.12. The lowest BCUT2D eigenvalue weighted by Gasteiger charge is -2.32. The van der Waals surface area contributed by atoms with E-state index < -0.39 is 34.9 Å². The number of cyclic esters (lactones) is 1. The van der Waals surface area contributed by atoms with Crippen LogP contribution in [0.2, 0.25) is 0 Å². The molecular formula is C13H19NO5. The summed E-state index contributed by atoms with van der Waals surface area (Å²) in [4.78, 5) is 37.8. The second kappa shape index (κ2) is 3.95.